The van der Waals surface area contributed by atoms with Gasteiger partial charge in [-0.25, -0.2) is 4.98 Å². The highest BCUT2D eigenvalue weighted by atomic mass is 79.9. The highest BCUT2D eigenvalue weighted by Gasteiger charge is 2.36. The molecule has 0 aliphatic heterocycles. The molecule has 0 saturated heterocycles. The molecule has 0 fully saturated rings. The summed E-state index contributed by atoms with van der Waals surface area (Å²) in [6.07, 6.45) is 4.36. The second-order valence-electron chi connectivity index (χ2n) is 5.92. The van der Waals surface area contributed by atoms with Crippen molar-refractivity contribution in [3.05, 3.63) is 87.4 Å². The summed E-state index contributed by atoms with van der Waals surface area (Å²) in [6, 6.07) is 18.0. The second kappa shape index (κ2) is 7.43. The molecular formula is C20H17BrClN3. The Morgan fingerprint density at radius 2 is 1.92 bits per heavy atom. The molecule has 1 aromatic heterocycles. The molecule has 3 rings (SSSR count). The molecule has 3 nitrogen and oxygen atoms in total. The van der Waals surface area contributed by atoms with Crippen LogP contribution in [0.25, 0.3) is 0 Å². The van der Waals surface area contributed by atoms with Gasteiger partial charge in [0.25, 0.3) is 0 Å². The second-order valence-corrected chi connectivity index (χ2v) is 7.21. The predicted molar refractivity (Wildman–Crippen MR) is 104 cm³/mol. The summed E-state index contributed by atoms with van der Waals surface area (Å²) in [5.74, 6) is 0.940. The normalized spacial score (nSPS) is 13.2. The first-order valence-corrected chi connectivity index (χ1v) is 9.14. The number of nitrogens with zero attached hydrogens (tertiary/aromatic N) is 3. The molecule has 5 heteroatoms. The Balaban J connectivity index is 2.10. The van der Waals surface area contributed by atoms with Gasteiger partial charge in [0, 0.05) is 28.4 Å². The third-order valence-electron chi connectivity index (χ3n) is 4.51. The van der Waals surface area contributed by atoms with Crippen molar-refractivity contribution in [3.8, 4) is 6.07 Å². The smallest absolute Gasteiger partial charge is 0.110 e. The number of nitriles is 1. The maximum atomic E-state index is 10.2. The summed E-state index contributed by atoms with van der Waals surface area (Å²) in [5.41, 5.74) is 1.11. The molecule has 0 aliphatic carbocycles. The maximum Gasteiger partial charge on any atom is 0.110 e. The van der Waals surface area contributed by atoms with Gasteiger partial charge >= 0.3 is 0 Å². The van der Waals surface area contributed by atoms with Gasteiger partial charge in [0.1, 0.15) is 11.2 Å². The van der Waals surface area contributed by atoms with Gasteiger partial charge in [0.15, 0.2) is 0 Å². The number of hydrogen-bond acceptors (Lipinski definition) is 2. The lowest BCUT2D eigenvalue weighted by molar-refractivity contribution is 0.513. The quantitative estimate of drug-likeness (QED) is 0.552. The molecule has 126 valence electrons. The molecule has 1 unspecified atom stereocenters. The van der Waals surface area contributed by atoms with Crippen molar-refractivity contribution in [3.63, 3.8) is 0 Å². The van der Waals surface area contributed by atoms with E-state index in [1.165, 1.54) is 0 Å². The lowest BCUT2D eigenvalue weighted by Gasteiger charge is -2.29. The van der Waals surface area contributed by atoms with Crippen LogP contribution in [0.3, 0.4) is 0 Å². The van der Waals surface area contributed by atoms with Crippen molar-refractivity contribution in [1.82, 2.24) is 9.55 Å². The minimum atomic E-state index is -0.776. The van der Waals surface area contributed by atoms with E-state index in [1.54, 1.807) is 6.20 Å². The Morgan fingerprint density at radius 1 is 1.20 bits per heavy atom. The van der Waals surface area contributed by atoms with Gasteiger partial charge in [0.05, 0.1) is 6.07 Å². The van der Waals surface area contributed by atoms with Gasteiger partial charge in [0.2, 0.25) is 0 Å². The van der Waals surface area contributed by atoms with Crippen molar-refractivity contribution in [2.45, 2.75) is 25.3 Å². The minimum absolute atomic E-state index is 0.630. The number of halogens is 2. The molecule has 0 saturated carbocycles. The van der Waals surface area contributed by atoms with E-state index in [0.717, 1.165) is 21.4 Å². The topological polar surface area (TPSA) is 41.6 Å². The molecule has 0 amide bonds. The van der Waals surface area contributed by atoms with Crippen molar-refractivity contribution in [1.29, 1.82) is 5.26 Å². The van der Waals surface area contributed by atoms with Crippen LogP contribution in [0.2, 0.25) is 5.02 Å². The third-order valence-corrected chi connectivity index (χ3v) is 5.46. The van der Waals surface area contributed by atoms with E-state index in [9.17, 15) is 5.26 Å². The largest absolute Gasteiger partial charge is 0.335 e. The highest BCUT2D eigenvalue weighted by Crippen LogP contribution is 2.40. The molecule has 2 aromatic carbocycles. The van der Waals surface area contributed by atoms with Crippen molar-refractivity contribution >= 4 is 27.5 Å². The van der Waals surface area contributed by atoms with Crippen molar-refractivity contribution < 1.29 is 0 Å². The van der Waals surface area contributed by atoms with Crippen LogP contribution < -0.4 is 0 Å². The standard InChI is InChI=1S/C20H17BrClN3/c1-15-24-11-13-25(15)12-10-20(14-23,16-6-8-17(22)9-7-16)18-4-2-3-5-19(18)21/h2-9,11,13H,10,12H2,1H3. The molecular weight excluding hydrogens is 398 g/mol. The van der Waals surface area contributed by atoms with E-state index in [4.69, 9.17) is 11.6 Å². The zero-order valence-electron chi connectivity index (χ0n) is 13.8. The zero-order chi connectivity index (χ0) is 17.9. The minimum Gasteiger partial charge on any atom is -0.335 e. The van der Waals surface area contributed by atoms with E-state index in [0.29, 0.717) is 18.0 Å². The van der Waals surface area contributed by atoms with Gasteiger partial charge in [-0.2, -0.15) is 5.26 Å². The number of imidazole rings is 1. The van der Waals surface area contributed by atoms with Crippen LogP contribution in [-0.4, -0.2) is 9.55 Å². The van der Waals surface area contributed by atoms with E-state index in [2.05, 4.69) is 31.6 Å². The monoisotopic (exact) mass is 413 g/mol. The average molecular weight is 415 g/mol. The number of aromatic nitrogens is 2. The average Bonchev–Trinajstić information content (AvgIpc) is 3.03. The molecule has 0 spiro atoms. The van der Waals surface area contributed by atoms with Crippen LogP contribution in [0.15, 0.2) is 65.4 Å². The SMILES string of the molecule is Cc1nccn1CCC(C#N)(c1ccc(Cl)cc1)c1ccccc1Br. The fourth-order valence-corrected chi connectivity index (χ4v) is 3.83. The Hall–Kier alpha value is -2.09. The molecule has 0 radical (unpaired) electrons. The van der Waals surface area contributed by atoms with E-state index in [-0.39, 0.29) is 0 Å². The fraction of sp³-hybridized carbons (Fsp3) is 0.200. The molecule has 0 aliphatic rings. The maximum absolute atomic E-state index is 10.2. The summed E-state index contributed by atoms with van der Waals surface area (Å²) in [7, 11) is 0. The van der Waals surface area contributed by atoms with Crippen LogP contribution in [0.5, 0.6) is 0 Å². The van der Waals surface area contributed by atoms with Crippen LogP contribution in [0, 0.1) is 18.3 Å². The van der Waals surface area contributed by atoms with Crippen LogP contribution in [0.4, 0.5) is 0 Å². The van der Waals surface area contributed by atoms with Gasteiger partial charge in [-0.1, -0.05) is 57.9 Å². The first kappa shape index (κ1) is 17.7. The van der Waals surface area contributed by atoms with E-state index < -0.39 is 5.41 Å². The zero-order valence-corrected chi connectivity index (χ0v) is 16.1. The Kier molecular flexibility index (Phi) is 5.27. The Bertz CT molecular complexity index is 911. The third kappa shape index (κ3) is 3.49. The summed E-state index contributed by atoms with van der Waals surface area (Å²) in [5, 5.41) is 10.9. The van der Waals surface area contributed by atoms with Gasteiger partial charge in [-0.05, 0) is 42.7 Å². The van der Waals surface area contributed by atoms with Crippen LogP contribution in [-0.2, 0) is 12.0 Å². The summed E-state index contributed by atoms with van der Waals surface area (Å²) in [4.78, 5) is 4.27. The molecule has 1 heterocycles. The molecule has 3 aromatic rings. The summed E-state index contributed by atoms with van der Waals surface area (Å²) in [6.45, 7) is 2.66. The lowest BCUT2D eigenvalue weighted by Crippen LogP contribution is -2.28. The number of aryl methyl sites for hydroxylation is 2. The predicted octanol–water partition coefficient (Wildman–Crippen LogP) is 5.51. The Labute approximate surface area is 161 Å². The molecule has 0 bridgehead atoms. The number of hydrogen-bond donors (Lipinski definition) is 0. The van der Waals surface area contributed by atoms with Gasteiger partial charge in [-0.15, -0.1) is 0 Å². The summed E-state index contributed by atoms with van der Waals surface area (Å²) < 4.78 is 2.99. The molecule has 0 N–H and O–H groups in total. The molecule has 1 atom stereocenters. The number of benzene rings is 2. The first-order chi connectivity index (χ1) is 12.1. The van der Waals surface area contributed by atoms with E-state index >= 15 is 0 Å². The lowest BCUT2D eigenvalue weighted by atomic mass is 9.73. The first-order valence-electron chi connectivity index (χ1n) is 7.97. The van der Waals surface area contributed by atoms with Gasteiger partial charge in [-0.3, -0.25) is 0 Å². The van der Waals surface area contributed by atoms with Gasteiger partial charge < -0.3 is 4.57 Å². The Morgan fingerprint density at radius 3 is 2.52 bits per heavy atom. The fourth-order valence-electron chi connectivity index (χ4n) is 3.09. The van der Waals surface area contributed by atoms with Crippen LogP contribution >= 0.6 is 27.5 Å². The van der Waals surface area contributed by atoms with E-state index in [1.807, 2.05) is 61.7 Å². The number of rotatable bonds is 5. The molecule has 25 heavy (non-hydrogen) atoms. The summed E-state index contributed by atoms with van der Waals surface area (Å²) >= 11 is 9.68. The van der Waals surface area contributed by atoms with Crippen molar-refractivity contribution in [2.24, 2.45) is 0 Å². The highest BCUT2D eigenvalue weighted by molar-refractivity contribution is 9.10. The van der Waals surface area contributed by atoms with Crippen LogP contribution in [0.1, 0.15) is 23.4 Å². The van der Waals surface area contributed by atoms with Crippen molar-refractivity contribution in [2.75, 3.05) is 0 Å².